The number of hydrogen-bond donors (Lipinski definition) is 1. The van der Waals surface area contributed by atoms with Gasteiger partial charge in [0.05, 0.1) is 0 Å². The lowest BCUT2D eigenvalue weighted by atomic mass is 10.0. The second-order valence-electron chi connectivity index (χ2n) is 7.56. The normalized spacial score (nSPS) is 12.3. The average molecular weight is 387 g/mol. The van der Waals surface area contributed by atoms with E-state index in [4.69, 9.17) is 0 Å². The number of nitrogens with one attached hydrogen (secondary N) is 1. The molecule has 1 aromatic heterocycles. The molecule has 3 aromatic carbocycles. The maximum Gasteiger partial charge on any atom is 0.123 e. The molecule has 0 fully saturated rings. The van der Waals surface area contributed by atoms with Gasteiger partial charge in [0.15, 0.2) is 0 Å². The highest BCUT2D eigenvalue weighted by molar-refractivity contribution is 5.84. The molecule has 0 radical (unpaired) electrons. The van der Waals surface area contributed by atoms with Gasteiger partial charge in [-0.2, -0.15) is 0 Å². The Balaban J connectivity index is 1.58. The largest absolute Gasteiger partial charge is 0.343 e. The number of rotatable bonds is 8. The molecule has 0 unspecified atom stereocenters. The van der Waals surface area contributed by atoms with E-state index in [2.05, 4.69) is 77.6 Å². The lowest BCUT2D eigenvalue weighted by Gasteiger charge is -2.18. The summed E-state index contributed by atoms with van der Waals surface area (Å²) in [4.78, 5) is 0. The number of benzene rings is 3. The summed E-state index contributed by atoms with van der Waals surface area (Å²) in [5.41, 5.74) is 4.93. The Morgan fingerprint density at radius 3 is 2.38 bits per heavy atom. The molecule has 0 aliphatic carbocycles. The topological polar surface area (TPSA) is 17.0 Å². The maximum absolute atomic E-state index is 13.2. The van der Waals surface area contributed by atoms with Crippen molar-refractivity contribution in [3.63, 3.8) is 0 Å². The van der Waals surface area contributed by atoms with Crippen LogP contribution in [0.25, 0.3) is 10.9 Å². The van der Waals surface area contributed by atoms with Gasteiger partial charge in [0.2, 0.25) is 0 Å². The van der Waals surface area contributed by atoms with E-state index in [0.717, 1.165) is 31.5 Å². The van der Waals surface area contributed by atoms with E-state index in [1.165, 1.54) is 34.2 Å². The van der Waals surface area contributed by atoms with E-state index in [1.807, 2.05) is 12.1 Å². The Labute approximate surface area is 172 Å². The summed E-state index contributed by atoms with van der Waals surface area (Å²) in [6.07, 6.45) is 4.48. The summed E-state index contributed by atoms with van der Waals surface area (Å²) < 4.78 is 15.5. The van der Waals surface area contributed by atoms with E-state index in [9.17, 15) is 4.39 Å². The number of para-hydroxylation sites is 1. The molecule has 0 aliphatic heterocycles. The molecule has 2 nitrogen and oxygen atoms in total. The van der Waals surface area contributed by atoms with Crippen LogP contribution >= 0.6 is 0 Å². The molecule has 3 heteroatoms. The minimum absolute atomic E-state index is 0.195. The van der Waals surface area contributed by atoms with Crippen molar-refractivity contribution in [3.8, 4) is 0 Å². The van der Waals surface area contributed by atoms with Crippen LogP contribution in [0.4, 0.5) is 4.39 Å². The van der Waals surface area contributed by atoms with Crippen molar-refractivity contribution < 1.29 is 4.39 Å². The van der Waals surface area contributed by atoms with Crippen LogP contribution in [-0.2, 0) is 13.1 Å². The van der Waals surface area contributed by atoms with Crippen LogP contribution < -0.4 is 5.32 Å². The molecule has 0 spiro atoms. The third-order valence-corrected chi connectivity index (χ3v) is 5.46. The van der Waals surface area contributed by atoms with Crippen LogP contribution in [0.2, 0.25) is 0 Å². The SMILES string of the molecule is CCC[C@H](NCc1cn(Cc2ccc(F)cc2)c2ccccc12)c1ccccc1. The summed E-state index contributed by atoms with van der Waals surface area (Å²) in [5.74, 6) is -0.195. The van der Waals surface area contributed by atoms with E-state index < -0.39 is 0 Å². The van der Waals surface area contributed by atoms with Gasteiger partial charge >= 0.3 is 0 Å². The zero-order valence-corrected chi connectivity index (χ0v) is 16.8. The molecule has 0 aliphatic rings. The first-order valence-electron chi connectivity index (χ1n) is 10.3. The predicted octanol–water partition coefficient (Wildman–Crippen LogP) is 6.46. The van der Waals surface area contributed by atoms with Gasteiger partial charge in [0, 0.05) is 36.2 Å². The van der Waals surface area contributed by atoms with Gasteiger partial charge in [-0.3, -0.25) is 0 Å². The van der Waals surface area contributed by atoms with E-state index >= 15 is 0 Å². The second-order valence-corrected chi connectivity index (χ2v) is 7.56. The van der Waals surface area contributed by atoms with Crippen molar-refractivity contribution in [1.29, 1.82) is 0 Å². The molecule has 1 atom stereocenters. The first-order valence-corrected chi connectivity index (χ1v) is 10.3. The molecule has 1 N–H and O–H groups in total. The minimum Gasteiger partial charge on any atom is -0.343 e. The molecule has 4 rings (SSSR count). The van der Waals surface area contributed by atoms with E-state index in [-0.39, 0.29) is 5.82 Å². The number of nitrogens with zero attached hydrogens (tertiary/aromatic N) is 1. The van der Waals surface area contributed by atoms with Crippen molar-refractivity contribution >= 4 is 10.9 Å². The van der Waals surface area contributed by atoms with Crippen LogP contribution in [-0.4, -0.2) is 4.57 Å². The van der Waals surface area contributed by atoms with Crippen LogP contribution in [0.3, 0.4) is 0 Å². The first kappa shape index (κ1) is 19.4. The summed E-state index contributed by atoms with van der Waals surface area (Å²) in [6, 6.07) is 26.3. The molecule has 4 aromatic rings. The molecule has 29 heavy (non-hydrogen) atoms. The van der Waals surface area contributed by atoms with Gasteiger partial charge < -0.3 is 9.88 Å². The van der Waals surface area contributed by atoms with Gasteiger partial charge in [-0.05, 0) is 41.3 Å². The summed E-state index contributed by atoms with van der Waals surface area (Å²) in [5, 5.41) is 5.04. The van der Waals surface area contributed by atoms with Gasteiger partial charge in [-0.25, -0.2) is 4.39 Å². The van der Waals surface area contributed by atoms with Gasteiger partial charge in [-0.1, -0.05) is 74.0 Å². The van der Waals surface area contributed by atoms with Crippen molar-refractivity contribution in [1.82, 2.24) is 9.88 Å². The monoisotopic (exact) mass is 386 g/mol. The fourth-order valence-corrected chi connectivity index (χ4v) is 3.97. The molecule has 0 bridgehead atoms. The highest BCUT2D eigenvalue weighted by Gasteiger charge is 2.13. The fourth-order valence-electron chi connectivity index (χ4n) is 3.97. The fraction of sp³-hybridized carbons (Fsp3) is 0.231. The standard InChI is InChI=1S/C26H27FN2/c1-2-8-25(21-9-4-3-5-10-21)28-17-22-19-29(26-12-7-6-11-24(22)26)18-20-13-15-23(27)16-14-20/h3-7,9-16,19,25,28H,2,8,17-18H2,1H3/t25-/m0/s1. The molecular weight excluding hydrogens is 359 g/mol. The first-order chi connectivity index (χ1) is 14.2. The number of hydrogen-bond acceptors (Lipinski definition) is 1. The third-order valence-electron chi connectivity index (χ3n) is 5.46. The Hall–Kier alpha value is -2.91. The van der Waals surface area contributed by atoms with E-state index in [1.54, 1.807) is 0 Å². The van der Waals surface area contributed by atoms with Crippen LogP contribution in [0, 0.1) is 5.82 Å². The zero-order chi connectivity index (χ0) is 20.1. The lowest BCUT2D eigenvalue weighted by Crippen LogP contribution is -2.20. The smallest absolute Gasteiger partial charge is 0.123 e. The van der Waals surface area contributed by atoms with Gasteiger partial charge in [-0.15, -0.1) is 0 Å². The summed E-state index contributed by atoms with van der Waals surface area (Å²) >= 11 is 0. The van der Waals surface area contributed by atoms with Crippen LogP contribution in [0.1, 0.15) is 42.5 Å². The maximum atomic E-state index is 13.2. The molecule has 1 heterocycles. The summed E-state index contributed by atoms with van der Waals surface area (Å²) in [6.45, 7) is 3.78. The van der Waals surface area contributed by atoms with Crippen LogP contribution in [0.5, 0.6) is 0 Å². The van der Waals surface area contributed by atoms with Gasteiger partial charge in [0.1, 0.15) is 5.82 Å². The zero-order valence-electron chi connectivity index (χ0n) is 16.8. The minimum atomic E-state index is -0.195. The highest BCUT2D eigenvalue weighted by Crippen LogP contribution is 2.25. The Morgan fingerprint density at radius 1 is 0.897 bits per heavy atom. The van der Waals surface area contributed by atoms with Crippen LogP contribution in [0.15, 0.2) is 85.1 Å². The lowest BCUT2D eigenvalue weighted by molar-refractivity contribution is 0.494. The van der Waals surface area contributed by atoms with Crippen molar-refractivity contribution in [3.05, 3.63) is 108 Å². The Morgan fingerprint density at radius 2 is 1.62 bits per heavy atom. The molecule has 148 valence electrons. The van der Waals surface area contributed by atoms with Gasteiger partial charge in [0.25, 0.3) is 0 Å². The summed E-state index contributed by atoms with van der Waals surface area (Å²) in [7, 11) is 0. The Bertz CT molecular complexity index is 1050. The molecule has 0 saturated heterocycles. The Kier molecular flexibility index (Phi) is 6.06. The molecule has 0 amide bonds. The number of fused-ring (bicyclic) bond motifs is 1. The second kappa shape index (κ2) is 9.06. The number of halogens is 1. The third kappa shape index (κ3) is 4.57. The van der Waals surface area contributed by atoms with Crippen molar-refractivity contribution in [2.45, 2.75) is 38.9 Å². The quantitative estimate of drug-likeness (QED) is 0.368. The van der Waals surface area contributed by atoms with E-state index in [0.29, 0.717) is 6.04 Å². The number of aromatic nitrogens is 1. The average Bonchev–Trinajstić information content (AvgIpc) is 3.11. The molecular formula is C26H27FN2. The molecule has 0 saturated carbocycles. The van der Waals surface area contributed by atoms with Crippen molar-refractivity contribution in [2.24, 2.45) is 0 Å². The van der Waals surface area contributed by atoms with Crippen molar-refractivity contribution in [2.75, 3.05) is 0 Å². The predicted molar refractivity (Wildman–Crippen MR) is 118 cm³/mol. The highest BCUT2D eigenvalue weighted by atomic mass is 19.1.